The smallest absolute Gasteiger partial charge is 0.258 e. The molecule has 2 aromatic carbocycles. The maximum absolute atomic E-state index is 12.1. The number of likely N-dealkylation sites (tertiary alicyclic amines) is 1. The molecule has 0 atom stereocenters. The number of hydrogen-bond donors (Lipinski definition) is 2. The lowest BCUT2D eigenvalue weighted by molar-refractivity contribution is 0.255. The number of nitrogens with zero attached hydrogens (tertiary/aromatic N) is 2. The van der Waals surface area contributed by atoms with Gasteiger partial charge in [-0.15, -0.1) is 0 Å². The summed E-state index contributed by atoms with van der Waals surface area (Å²) in [6.45, 7) is 2.28. The maximum Gasteiger partial charge on any atom is 0.258 e. The summed E-state index contributed by atoms with van der Waals surface area (Å²) >= 11 is 3.42. The molecule has 0 unspecified atom stereocenters. The summed E-state index contributed by atoms with van der Waals surface area (Å²) in [6.07, 6.45) is 3.97. The van der Waals surface area contributed by atoms with Gasteiger partial charge in [0.2, 0.25) is 5.88 Å². The van der Waals surface area contributed by atoms with Crippen LogP contribution in [0.25, 0.3) is 10.8 Å². The van der Waals surface area contributed by atoms with Crippen molar-refractivity contribution < 1.29 is 5.11 Å². The van der Waals surface area contributed by atoms with E-state index in [-0.39, 0.29) is 11.4 Å². The molecule has 0 spiro atoms. The highest BCUT2D eigenvalue weighted by Crippen LogP contribution is 2.29. The third kappa shape index (κ3) is 3.88. The first-order valence-corrected chi connectivity index (χ1v) is 10.2. The number of pyridine rings is 1. The van der Waals surface area contributed by atoms with E-state index in [0.717, 1.165) is 23.2 Å². The van der Waals surface area contributed by atoms with Crippen LogP contribution in [0.1, 0.15) is 29.9 Å². The van der Waals surface area contributed by atoms with E-state index in [4.69, 9.17) is 0 Å². The number of fused-ring (bicyclic) bond motifs is 1. The summed E-state index contributed by atoms with van der Waals surface area (Å²) in [5.41, 5.74) is 2.34. The molecule has 144 valence electrons. The average Bonchev–Trinajstić information content (AvgIpc) is 2.68. The van der Waals surface area contributed by atoms with Crippen molar-refractivity contribution in [2.45, 2.75) is 18.8 Å². The van der Waals surface area contributed by atoms with Crippen LogP contribution in [0, 0.1) is 0 Å². The number of halogens is 1. The van der Waals surface area contributed by atoms with Crippen molar-refractivity contribution in [3.63, 3.8) is 0 Å². The van der Waals surface area contributed by atoms with Gasteiger partial charge >= 0.3 is 0 Å². The quantitative estimate of drug-likeness (QED) is 0.587. The molecule has 1 aliphatic rings. The van der Waals surface area contributed by atoms with Gasteiger partial charge in [-0.2, -0.15) is 0 Å². The van der Waals surface area contributed by atoms with Gasteiger partial charge < -0.3 is 10.0 Å². The Bertz CT molecular complexity index is 1080. The summed E-state index contributed by atoms with van der Waals surface area (Å²) in [4.78, 5) is 21.4. The predicted molar refractivity (Wildman–Crippen MR) is 117 cm³/mol. The molecule has 3 aromatic rings. The number of H-pyrrole nitrogens is 1. The van der Waals surface area contributed by atoms with Crippen LogP contribution in [0.4, 0.5) is 5.69 Å². The molecule has 0 amide bonds. The third-order valence-corrected chi connectivity index (χ3v) is 5.92. The van der Waals surface area contributed by atoms with Crippen molar-refractivity contribution in [1.29, 1.82) is 0 Å². The van der Waals surface area contributed by atoms with Crippen molar-refractivity contribution in [1.82, 2.24) is 9.88 Å². The molecule has 2 heterocycles. The number of nitrogens with one attached hydrogen (secondary N) is 1. The molecule has 0 saturated carbocycles. The van der Waals surface area contributed by atoms with Crippen molar-refractivity contribution >= 4 is 38.6 Å². The Morgan fingerprint density at radius 2 is 1.86 bits per heavy atom. The average molecular weight is 440 g/mol. The number of aromatic hydroxyl groups is 1. The van der Waals surface area contributed by atoms with Gasteiger partial charge in [0.05, 0.1) is 11.3 Å². The molecular formula is C22H22BrN3O2. The van der Waals surface area contributed by atoms with Gasteiger partial charge in [-0.1, -0.05) is 28.1 Å². The summed E-state index contributed by atoms with van der Waals surface area (Å²) in [7, 11) is 2.17. The van der Waals surface area contributed by atoms with E-state index in [0.29, 0.717) is 22.3 Å². The standard InChI is InChI=1S/C22H22BrN3O2/c1-26-10-8-15(9-11-26)14-2-5-17(6-3-14)24-13-20-19-12-16(23)4-7-18(19)21(27)25-22(20)28/h2-7,12-13,15H,8-11H2,1H3,(H2,25,27,28). The molecule has 1 fully saturated rings. The van der Waals surface area contributed by atoms with Crippen LogP contribution >= 0.6 is 15.9 Å². The second kappa shape index (κ2) is 7.89. The Morgan fingerprint density at radius 1 is 1.14 bits per heavy atom. The van der Waals surface area contributed by atoms with E-state index in [1.807, 2.05) is 18.2 Å². The van der Waals surface area contributed by atoms with Gasteiger partial charge in [-0.25, -0.2) is 0 Å². The van der Waals surface area contributed by atoms with Gasteiger partial charge in [-0.05, 0) is 74.8 Å². The Hall–Kier alpha value is -2.44. The second-order valence-electron chi connectivity index (χ2n) is 7.33. The number of aliphatic imine (C=N–C) groups is 1. The summed E-state index contributed by atoms with van der Waals surface area (Å²) < 4.78 is 0.835. The molecule has 0 aliphatic carbocycles. The number of aromatic nitrogens is 1. The SMILES string of the molecule is CN1CCC(c2ccc(N=Cc3c(O)[nH]c(=O)c4ccc(Br)cc34)cc2)CC1. The molecule has 28 heavy (non-hydrogen) atoms. The number of piperidine rings is 1. The fourth-order valence-corrected chi connectivity index (χ4v) is 4.11. The van der Waals surface area contributed by atoms with Crippen molar-refractivity contribution in [3.8, 4) is 5.88 Å². The molecule has 1 aromatic heterocycles. The van der Waals surface area contributed by atoms with Crippen LogP contribution < -0.4 is 5.56 Å². The minimum atomic E-state index is -0.320. The summed E-state index contributed by atoms with van der Waals surface area (Å²) in [5, 5.41) is 11.4. The third-order valence-electron chi connectivity index (χ3n) is 5.43. The topological polar surface area (TPSA) is 68.7 Å². The monoisotopic (exact) mass is 439 g/mol. The molecular weight excluding hydrogens is 418 g/mol. The summed E-state index contributed by atoms with van der Waals surface area (Å²) in [5.74, 6) is 0.432. The van der Waals surface area contributed by atoms with Crippen LogP contribution in [0.5, 0.6) is 5.88 Å². The van der Waals surface area contributed by atoms with Gasteiger partial charge in [0.15, 0.2) is 0 Å². The predicted octanol–water partition coefficient (Wildman–Crippen LogP) is 4.56. The van der Waals surface area contributed by atoms with Crippen molar-refractivity contribution in [2.24, 2.45) is 4.99 Å². The maximum atomic E-state index is 12.1. The first-order chi connectivity index (χ1) is 13.5. The van der Waals surface area contributed by atoms with Crippen LogP contribution in [0.2, 0.25) is 0 Å². The van der Waals surface area contributed by atoms with Gasteiger partial charge in [0, 0.05) is 21.5 Å². The molecule has 6 heteroatoms. The molecule has 0 radical (unpaired) electrons. The van der Waals surface area contributed by atoms with Crippen LogP contribution in [0.15, 0.2) is 56.7 Å². The Morgan fingerprint density at radius 3 is 2.57 bits per heavy atom. The Kier molecular flexibility index (Phi) is 5.33. The lowest BCUT2D eigenvalue weighted by atomic mass is 9.89. The van der Waals surface area contributed by atoms with Gasteiger partial charge in [0.1, 0.15) is 0 Å². The van der Waals surface area contributed by atoms with Gasteiger partial charge in [-0.3, -0.25) is 14.8 Å². The lowest BCUT2D eigenvalue weighted by Crippen LogP contribution is -2.29. The zero-order chi connectivity index (χ0) is 19.7. The number of aromatic amines is 1. The zero-order valence-electron chi connectivity index (χ0n) is 15.7. The van der Waals surface area contributed by atoms with E-state index >= 15 is 0 Å². The fourth-order valence-electron chi connectivity index (χ4n) is 3.75. The van der Waals surface area contributed by atoms with E-state index in [1.54, 1.807) is 18.3 Å². The van der Waals surface area contributed by atoms with Crippen molar-refractivity contribution in [2.75, 3.05) is 20.1 Å². The lowest BCUT2D eigenvalue weighted by Gasteiger charge is -2.29. The van der Waals surface area contributed by atoms with Crippen LogP contribution in [-0.2, 0) is 0 Å². The molecule has 0 bridgehead atoms. The van der Waals surface area contributed by atoms with Crippen molar-refractivity contribution in [3.05, 3.63) is 68.4 Å². The number of hydrogen-bond acceptors (Lipinski definition) is 4. The molecule has 5 nitrogen and oxygen atoms in total. The minimum absolute atomic E-state index is 0.178. The first kappa shape index (κ1) is 18.9. The van der Waals surface area contributed by atoms with E-state index in [9.17, 15) is 9.90 Å². The Labute approximate surface area is 171 Å². The largest absolute Gasteiger partial charge is 0.494 e. The number of rotatable bonds is 3. The first-order valence-electron chi connectivity index (χ1n) is 9.38. The Balaban J connectivity index is 1.61. The zero-order valence-corrected chi connectivity index (χ0v) is 17.2. The summed E-state index contributed by atoms with van der Waals surface area (Å²) in [6, 6.07) is 13.6. The van der Waals surface area contributed by atoms with Crippen LogP contribution in [0.3, 0.4) is 0 Å². The molecule has 1 saturated heterocycles. The fraction of sp³-hybridized carbons (Fsp3) is 0.273. The minimum Gasteiger partial charge on any atom is -0.494 e. The van der Waals surface area contributed by atoms with E-state index in [1.165, 1.54) is 18.4 Å². The van der Waals surface area contributed by atoms with E-state index < -0.39 is 0 Å². The highest BCUT2D eigenvalue weighted by atomic mass is 79.9. The van der Waals surface area contributed by atoms with Gasteiger partial charge in [0.25, 0.3) is 5.56 Å². The molecule has 1 aliphatic heterocycles. The highest BCUT2D eigenvalue weighted by molar-refractivity contribution is 9.10. The normalized spacial score (nSPS) is 16.2. The molecule has 4 rings (SSSR count). The highest BCUT2D eigenvalue weighted by Gasteiger charge is 2.18. The number of benzene rings is 2. The van der Waals surface area contributed by atoms with Crippen LogP contribution in [-0.4, -0.2) is 41.3 Å². The van der Waals surface area contributed by atoms with E-state index in [2.05, 4.69) is 50.0 Å². The second-order valence-corrected chi connectivity index (χ2v) is 8.25. The molecule has 2 N–H and O–H groups in total.